The van der Waals surface area contributed by atoms with Crippen molar-refractivity contribution < 1.29 is 4.52 Å². The fraction of sp³-hybridized carbons (Fsp3) is 0.353. The molecule has 22 heavy (non-hydrogen) atoms. The van der Waals surface area contributed by atoms with E-state index < -0.39 is 0 Å². The number of nitrogens with zero attached hydrogens (tertiary/aromatic N) is 3. The van der Waals surface area contributed by atoms with Crippen molar-refractivity contribution in [2.75, 3.05) is 0 Å². The molecule has 5 heteroatoms. The Hall–Kier alpha value is -1.94. The van der Waals surface area contributed by atoms with E-state index in [1.165, 1.54) is 11.1 Å². The Morgan fingerprint density at radius 2 is 1.82 bits per heavy atom. The summed E-state index contributed by atoms with van der Waals surface area (Å²) in [7, 11) is 0. The van der Waals surface area contributed by atoms with Crippen molar-refractivity contribution in [3.05, 3.63) is 40.3 Å². The fourth-order valence-electron chi connectivity index (χ4n) is 2.33. The van der Waals surface area contributed by atoms with Crippen LogP contribution >= 0.6 is 11.6 Å². The van der Waals surface area contributed by atoms with E-state index >= 15 is 0 Å². The molecule has 2 heterocycles. The van der Waals surface area contributed by atoms with Gasteiger partial charge in [0, 0.05) is 5.39 Å². The molecule has 2 aromatic heterocycles. The van der Waals surface area contributed by atoms with Gasteiger partial charge in [0.25, 0.3) is 5.89 Å². The summed E-state index contributed by atoms with van der Waals surface area (Å²) in [5.41, 5.74) is 4.00. The minimum Gasteiger partial charge on any atom is -0.334 e. The highest BCUT2D eigenvalue weighted by molar-refractivity contribution is 6.32. The number of benzene rings is 1. The number of aromatic nitrogens is 3. The number of rotatable bonds is 2. The summed E-state index contributed by atoms with van der Waals surface area (Å²) >= 11 is 6.28. The highest BCUT2D eigenvalue weighted by atomic mass is 35.5. The van der Waals surface area contributed by atoms with Crippen LogP contribution in [0.4, 0.5) is 0 Å². The largest absolute Gasteiger partial charge is 0.334 e. The molecule has 0 spiro atoms. The van der Waals surface area contributed by atoms with Gasteiger partial charge in [0.15, 0.2) is 5.82 Å². The van der Waals surface area contributed by atoms with Crippen LogP contribution in [0.2, 0.25) is 5.15 Å². The number of pyridine rings is 1. The van der Waals surface area contributed by atoms with Gasteiger partial charge in [0.1, 0.15) is 5.15 Å². The van der Waals surface area contributed by atoms with Crippen LogP contribution in [-0.4, -0.2) is 15.1 Å². The molecule has 0 saturated heterocycles. The molecule has 0 saturated carbocycles. The molecule has 0 radical (unpaired) electrons. The zero-order valence-corrected chi connectivity index (χ0v) is 14.3. The Kier molecular flexibility index (Phi) is 5.14. The summed E-state index contributed by atoms with van der Waals surface area (Å²) in [6.07, 6.45) is 0.917. The third-order valence-corrected chi connectivity index (χ3v) is 3.52. The second-order valence-electron chi connectivity index (χ2n) is 4.82. The van der Waals surface area contributed by atoms with E-state index in [-0.39, 0.29) is 0 Å². The molecule has 0 amide bonds. The molecule has 116 valence electrons. The van der Waals surface area contributed by atoms with Gasteiger partial charge in [-0.15, -0.1) is 0 Å². The lowest BCUT2D eigenvalue weighted by molar-refractivity contribution is 0.425. The van der Waals surface area contributed by atoms with Crippen molar-refractivity contribution in [1.82, 2.24) is 15.1 Å². The Balaban J connectivity index is 0.000000847. The molecule has 3 aromatic rings. The van der Waals surface area contributed by atoms with Crippen LogP contribution in [0.25, 0.3) is 22.4 Å². The number of hydrogen-bond donors (Lipinski definition) is 0. The molecule has 0 fully saturated rings. The lowest BCUT2D eigenvalue weighted by Crippen LogP contribution is -1.92. The summed E-state index contributed by atoms with van der Waals surface area (Å²) in [4.78, 5) is 8.72. The van der Waals surface area contributed by atoms with Gasteiger partial charge in [-0.1, -0.05) is 49.2 Å². The van der Waals surface area contributed by atoms with Gasteiger partial charge in [0.2, 0.25) is 0 Å². The highest BCUT2D eigenvalue weighted by Gasteiger charge is 2.14. The number of hydrogen-bond acceptors (Lipinski definition) is 4. The van der Waals surface area contributed by atoms with Gasteiger partial charge in [-0.3, -0.25) is 0 Å². The SMILES string of the molecule is CC.CCc1cc(C)cc2cc(-c3nc(C)no3)c(Cl)nc12. The van der Waals surface area contributed by atoms with Gasteiger partial charge in [-0.2, -0.15) is 4.98 Å². The Morgan fingerprint density at radius 3 is 2.41 bits per heavy atom. The first-order valence-corrected chi connectivity index (χ1v) is 7.86. The predicted molar refractivity (Wildman–Crippen MR) is 90.2 cm³/mol. The zero-order chi connectivity index (χ0) is 16.3. The summed E-state index contributed by atoms with van der Waals surface area (Å²) in [6.45, 7) is 9.96. The van der Waals surface area contributed by atoms with Crippen molar-refractivity contribution in [3.8, 4) is 11.5 Å². The summed E-state index contributed by atoms with van der Waals surface area (Å²) < 4.78 is 5.18. The molecule has 0 aliphatic rings. The molecule has 1 aromatic carbocycles. The number of fused-ring (bicyclic) bond motifs is 1. The van der Waals surface area contributed by atoms with Crippen molar-refractivity contribution in [2.24, 2.45) is 0 Å². The molecule has 0 aliphatic heterocycles. The quantitative estimate of drug-likeness (QED) is 0.614. The van der Waals surface area contributed by atoms with Crippen LogP contribution in [-0.2, 0) is 6.42 Å². The average Bonchev–Trinajstić information content (AvgIpc) is 2.94. The maximum Gasteiger partial charge on any atom is 0.261 e. The predicted octanol–water partition coefficient (Wildman–Crippen LogP) is 5.14. The van der Waals surface area contributed by atoms with E-state index in [9.17, 15) is 0 Å². The topological polar surface area (TPSA) is 51.8 Å². The fourth-order valence-corrected chi connectivity index (χ4v) is 2.55. The molecule has 0 aliphatic carbocycles. The minimum atomic E-state index is 0.389. The third kappa shape index (κ3) is 3.12. The van der Waals surface area contributed by atoms with Crippen LogP contribution in [0.1, 0.15) is 37.7 Å². The maximum atomic E-state index is 6.28. The van der Waals surface area contributed by atoms with Gasteiger partial charge >= 0.3 is 0 Å². The summed E-state index contributed by atoms with van der Waals surface area (Å²) in [5.74, 6) is 0.983. The molecule has 3 rings (SSSR count). The van der Waals surface area contributed by atoms with Crippen LogP contribution in [0.15, 0.2) is 22.7 Å². The molecule has 4 nitrogen and oxygen atoms in total. The van der Waals surface area contributed by atoms with Gasteiger partial charge < -0.3 is 4.52 Å². The molecule has 0 atom stereocenters. The zero-order valence-electron chi connectivity index (χ0n) is 13.6. The van der Waals surface area contributed by atoms with Gasteiger partial charge in [-0.05, 0) is 38.0 Å². The van der Waals surface area contributed by atoms with Crippen molar-refractivity contribution in [1.29, 1.82) is 0 Å². The van der Waals surface area contributed by atoms with Crippen LogP contribution < -0.4 is 0 Å². The Bertz CT molecular complexity index is 796. The van der Waals surface area contributed by atoms with Crippen molar-refractivity contribution in [2.45, 2.75) is 41.0 Å². The van der Waals surface area contributed by atoms with Crippen molar-refractivity contribution >= 4 is 22.5 Å². The second kappa shape index (κ2) is 6.88. The van der Waals surface area contributed by atoms with E-state index in [1.807, 2.05) is 19.9 Å². The molecule has 0 unspecified atom stereocenters. The monoisotopic (exact) mass is 317 g/mol. The smallest absolute Gasteiger partial charge is 0.261 e. The first kappa shape index (κ1) is 16.4. The lowest BCUT2D eigenvalue weighted by Gasteiger charge is -2.08. The normalized spacial score (nSPS) is 10.5. The number of aryl methyl sites for hydroxylation is 3. The van der Waals surface area contributed by atoms with Gasteiger partial charge in [-0.25, -0.2) is 4.98 Å². The number of halogens is 1. The highest BCUT2D eigenvalue weighted by Crippen LogP contribution is 2.30. The minimum absolute atomic E-state index is 0.389. The maximum absolute atomic E-state index is 6.28. The molecular formula is C17H20ClN3O. The van der Waals surface area contributed by atoms with Gasteiger partial charge in [0.05, 0.1) is 11.1 Å². The van der Waals surface area contributed by atoms with E-state index in [4.69, 9.17) is 16.1 Å². The summed E-state index contributed by atoms with van der Waals surface area (Å²) in [5, 5.41) is 5.22. The lowest BCUT2D eigenvalue weighted by atomic mass is 10.0. The standard InChI is InChI=1S/C15H14ClN3O.C2H6/c1-4-10-5-8(2)6-11-7-12(14(16)18-13(10)11)15-17-9(3)19-20-15;1-2/h5-7H,4H2,1-3H3;1-2H3. The first-order chi connectivity index (χ1) is 10.6. The van der Waals surface area contributed by atoms with E-state index in [0.29, 0.717) is 22.4 Å². The van der Waals surface area contributed by atoms with E-state index in [1.54, 1.807) is 6.92 Å². The van der Waals surface area contributed by atoms with Crippen LogP contribution in [0, 0.1) is 13.8 Å². The van der Waals surface area contributed by atoms with Crippen LogP contribution in [0.5, 0.6) is 0 Å². The Labute approximate surface area is 135 Å². The second-order valence-corrected chi connectivity index (χ2v) is 5.18. The molecular weight excluding hydrogens is 298 g/mol. The van der Waals surface area contributed by atoms with Crippen molar-refractivity contribution in [3.63, 3.8) is 0 Å². The average molecular weight is 318 g/mol. The molecule has 0 N–H and O–H groups in total. The molecule has 0 bridgehead atoms. The Morgan fingerprint density at radius 1 is 1.09 bits per heavy atom. The van der Waals surface area contributed by atoms with Crippen LogP contribution in [0.3, 0.4) is 0 Å². The summed E-state index contributed by atoms with van der Waals surface area (Å²) in [6, 6.07) is 6.19. The van der Waals surface area contributed by atoms with E-state index in [0.717, 1.165) is 17.3 Å². The van der Waals surface area contributed by atoms with E-state index in [2.05, 4.69) is 41.1 Å². The first-order valence-electron chi connectivity index (χ1n) is 7.49. The third-order valence-electron chi connectivity index (χ3n) is 3.23.